The number of aryl methyl sites for hydroxylation is 2. The summed E-state index contributed by atoms with van der Waals surface area (Å²) in [4.78, 5) is 15.6. The quantitative estimate of drug-likeness (QED) is 0.688. The maximum atomic E-state index is 13.5. The van der Waals surface area contributed by atoms with E-state index in [9.17, 15) is 4.79 Å². The number of methoxy groups -OCH3 is 1. The van der Waals surface area contributed by atoms with Crippen LogP contribution in [0.15, 0.2) is 36.5 Å². The minimum atomic E-state index is -0.0118. The number of nitrogens with zero attached hydrogens (tertiary/aromatic N) is 5. The predicted molar refractivity (Wildman–Crippen MR) is 109 cm³/mol. The number of ether oxygens (including phenoxy) is 1. The fourth-order valence-corrected chi connectivity index (χ4v) is 5.06. The molecule has 150 valence electrons. The van der Waals surface area contributed by atoms with Gasteiger partial charge in [-0.2, -0.15) is 10.2 Å². The minimum absolute atomic E-state index is 0.00132. The van der Waals surface area contributed by atoms with E-state index < -0.39 is 0 Å². The Kier molecular flexibility index (Phi) is 4.19. The summed E-state index contributed by atoms with van der Waals surface area (Å²) in [6.45, 7) is 0. The van der Waals surface area contributed by atoms with Crippen molar-refractivity contribution in [2.75, 3.05) is 7.11 Å². The Hall–Kier alpha value is -3.09. The van der Waals surface area contributed by atoms with Crippen LogP contribution in [0.5, 0.6) is 5.88 Å². The van der Waals surface area contributed by atoms with Crippen LogP contribution in [0.3, 0.4) is 0 Å². The Balaban J connectivity index is 1.59. The van der Waals surface area contributed by atoms with E-state index in [4.69, 9.17) is 9.84 Å². The van der Waals surface area contributed by atoms with Crippen LogP contribution in [-0.4, -0.2) is 43.5 Å². The zero-order chi connectivity index (χ0) is 20.1. The normalized spacial score (nSPS) is 20.4. The number of hydrogen-bond acceptors (Lipinski definition) is 4. The molecule has 0 aliphatic carbocycles. The maximum absolute atomic E-state index is 13.5. The SMILES string of the molecule is COc1c(C(=O)N2C3CCCC2c2nn(C)c(-c4ccccc4)c2C3)cnn1C. The molecule has 1 fully saturated rings. The van der Waals surface area contributed by atoms with E-state index in [2.05, 4.69) is 29.4 Å². The summed E-state index contributed by atoms with van der Waals surface area (Å²) in [6, 6.07) is 10.6. The van der Waals surface area contributed by atoms with Crippen molar-refractivity contribution < 1.29 is 9.53 Å². The molecule has 2 aliphatic heterocycles. The average Bonchev–Trinajstić information content (AvgIpc) is 3.26. The van der Waals surface area contributed by atoms with Gasteiger partial charge in [-0.3, -0.25) is 9.48 Å². The summed E-state index contributed by atoms with van der Waals surface area (Å²) in [5.74, 6) is 0.493. The average molecular weight is 391 g/mol. The van der Waals surface area contributed by atoms with Crippen LogP contribution < -0.4 is 4.74 Å². The van der Waals surface area contributed by atoms with Crippen molar-refractivity contribution in [3.63, 3.8) is 0 Å². The molecule has 29 heavy (non-hydrogen) atoms. The Morgan fingerprint density at radius 3 is 2.69 bits per heavy atom. The molecule has 2 atom stereocenters. The van der Waals surface area contributed by atoms with E-state index in [-0.39, 0.29) is 18.0 Å². The third kappa shape index (κ3) is 2.68. The van der Waals surface area contributed by atoms with Gasteiger partial charge in [0.1, 0.15) is 5.56 Å². The number of piperidine rings is 1. The highest BCUT2D eigenvalue weighted by Crippen LogP contribution is 2.45. The second kappa shape index (κ2) is 6.76. The van der Waals surface area contributed by atoms with Gasteiger partial charge in [-0.15, -0.1) is 0 Å². The fourth-order valence-electron chi connectivity index (χ4n) is 5.06. The lowest BCUT2D eigenvalue weighted by Gasteiger charge is -2.45. The zero-order valence-corrected chi connectivity index (χ0v) is 17.0. The fraction of sp³-hybridized carbons (Fsp3) is 0.409. The van der Waals surface area contributed by atoms with Crippen molar-refractivity contribution in [1.29, 1.82) is 0 Å². The third-order valence-electron chi connectivity index (χ3n) is 6.27. The van der Waals surface area contributed by atoms with Gasteiger partial charge in [-0.1, -0.05) is 30.3 Å². The van der Waals surface area contributed by atoms with Crippen molar-refractivity contribution >= 4 is 5.91 Å². The molecule has 0 saturated carbocycles. The lowest BCUT2D eigenvalue weighted by molar-refractivity contribution is 0.0388. The Bertz CT molecular complexity index is 1070. The third-order valence-corrected chi connectivity index (χ3v) is 6.27. The van der Waals surface area contributed by atoms with Crippen molar-refractivity contribution in [3.8, 4) is 17.1 Å². The molecule has 0 radical (unpaired) electrons. The molecular formula is C22H25N5O2. The van der Waals surface area contributed by atoms with Crippen LogP contribution >= 0.6 is 0 Å². The Morgan fingerprint density at radius 1 is 1.14 bits per heavy atom. The largest absolute Gasteiger partial charge is 0.481 e. The van der Waals surface area contributed by atoms with E-state index in [0.717, 1.165) is 31.4 Å². The summed E-state index contributed by atoms with van der Waals surface area (Å²) in [5.41, 5.74) is 5.20. The van der Waals surface area contributed by atoms with E-state index >= 15 is 0 Å². The summed E-state index contributed by atoms with van der Waals surface area (Å²) in [6.07, 6.45) is 5.49. The molecule has 2 aromatic heterocycles. The molecule has 1 amide bonds. The van der Waals surface area contributed by atoms with Crippen molar-refractivity contribution in [2.45, 2.75) is 37.8 Å². The lowest BCUT2D eigenvalue weighted by Crippen LogP contribution is -2.49. The van der Waals surface area contributed by atoms with Crippen LogP contribution in [0.4, 0.5) is 0 Å². The highest BCUT2D eigenvalue weighted by Gasteiger charge is 2.44. The standard InChI is InChI=1S/C22H25N5O2/c1-25-20(14-8-5-4-6-9-14)16-12-15-10-7-11-18(19(16)24-25)27(15)21(28)17-13-23-26(2)22(17)29-3/h4-6,8-9,13,15,18H,7,10-12H2,1-3H3. The molecule has 3 aromatic rings. The first-order chi connectivity index (χ1) is 14.1. The molecule has 7 heteroatoms. The molecule has 2 unspecified atom stereocenters. The van der Waals surface area contributed by atoms with E-state index in [0.29, 0.717) is 11.4 Å². The minimum Gasteiger partial charge on any atom is -0.481 e. The summed E-state index contributed by atoms with van der Waals surface area (Å²) < 4.78 is 9.02. The maximum Gasteiger partial charge on any atom is 0.261 e. The van der Waals surface area contributed by atoms with Gasteiger partial charge in [0.15, 0.2) is 0 Å². The zero-order valence-electron chi connectivity index (χ0n) is 17.0. The van der Waals surface area contributed by atoms with Crippen LogP contribution in [0.2, 0.25) is 0 Å². The monoisotopic (exact) mass is 391 g/mol. The van der Waals surface area contributed by atoms with E-state index in [1.165, 1.54) is 16.8 Å². The molecule has 0 N–H and O–H groups in total. The second-order valence-electron chi connectivity index (χ2n) is 7.91. The summed E-state index contributed by atoms with van der Waals surface area (Å²) in [7, 11) is 5.37. The number of carbonyl (C=O) groups is 1. The van der Waals surface area contributed by atoms with E-state index in [1.54, 1.807) is 25.0 Å². The van der Waals surface area contributed by atoms with Gasteiger partial charge in [0.05, 0.1) is 30.7 Å². The van der Waals surface area contributed by atoms with Gasteiger partial charge >= 0.3 is 0 Å². The Morgan fingerprint density at radius 2 is 1.93 bits per heavy atom. The number of fused-ring (bicyclic) bond motifs is 4. The van der Waals surface area contributed by atoms with Crippen molar-refractivity contribution in [2.24, 2.45) is 14.1 Å². The number of rotatable bonds is 3. The molecule has 4 heterocycles. The first-order valence-corrected chi connectivity index (χ1v) is 10.1. The van der Waals surface area contributed by atoms with Gasteiger partial charge < -0.3 is 9.64 Å². The van der Waals surface area contributed by atoms with Gasteiger partial charge in [0, 0.05) is 31.3 Å². The molecule has 1 saturated heterocycles. The molecule has 1 aromatic carbocycles. The van der Waals surface area contributed by atoms with Crippen molar-refractivity contribution in [1.82, 2.24) is 24.5 Å². The molecule has 0 spiro atoms. The van der Waals surface area contributed by atoms with Crippen molar-refractivity contribution in [3.05, 3.63) is 53.3 Å². The summed E-state index contributed by atoms with van der Waals surface area (Å²) in [5, 5.41) is 9.12. The highest BCUT2D eigenvalue weighted by atomic mass is 16.5. The first kappa shape index (κ1) is 18.0. The molecule has 5 rings (SSSR count). The van der Waals surface area contributed by atoms with Crippen LogP contribution in [0.25, 0.3) is 11.3 Å². The predicted octanol–water partition coefficient (Wildman–Crippen LogP) is 3.12. The lowest BCUT2D eigenvalue weighted by atomic mass is 9.81. The Labute approximate surface area is 169 Å². The first-order valence-electron chi connectivity index (χ1n) is 10.1. The molecular weight excluding hydrogens is 366 g/mol. The molecule has 7 nitrogen and oxygen atoms in total. The number of aromatic nitrogens is 4. The molecule has 2 aliphatic rings. The second-order valence-corrected chi connectivity index (χ2v) is 7.91. The topological polar surface area (TPSA) is 65.2 Å². The van der Waals surface area contributed by atoms with E-state index in [1.807, 2.05) is 22.7 Å². The van der Waals surface area contributed by atoms with Crippen LogP contribution in [0, 0.1) is 0 Å². The highest BCUT2D eigenvalue weighted by molar-refractivity contribution is 5.97. The van der Waals surface area contributed by atoms with Crippen LogP contribution in [0.1, 0.15) is 46.9 Å². The van der Waals surface area contributed by atoms with Gasteiger partial charge in [-0.25, -0.2) is 4.68 Å². The van der Waals surface area contributed by atoms with Gasteiger partial charge in [0.25, 0.3) is 5.91 Å². The number of amides is 1. The van der Waals surface area contributed by atoms with Crippen LogP contribution in [-0.2, 0) is 20.5 Å². The smallest absolute Gasteiger partial charge is 0.261 e. The number of carbonyl (C=O) groups excluding carboxylic acids is 1. The van der Waals surface area contributed by atoms with Gasteiger partial charge in [0.2, 0.25) is 5.88 Å². The number of benzene rings is 1. The van der Waals surface area contributed by atoms with Gasteiger partial charge in [-0.05, 0) is 25.7 Å². The molecule has 2 bridgehead atoms. The number of hydrogen-bond donors (Lipinski definition) is 0. The summed E-state index contributed by atoms with van der Waals surface area (Å²) >= 11 is 0.